The lowest BCUT2D eigenvalue weighted by Gasteiger charge is -2.10. The number of benzene rings is 1. The third-order valence-electron chi connectivity index (χ3n) is 3.43. The van der Waals surface area contributed by atoms with Gasteiger partial charge < -0.3 is 15.0 Å². The molecule has 0 unspecified atom stereocenters. The molecule has 0 aliphatic heterocycles. The molecule has 0 fully saturated rings. The van der Waals surface area contributed by atoms with Gasteiger partial charge in [-0.25, -0.2) is 4.79 Å². The second kappa shape index (κ2) is 7.31. The summed E-state index contributed by atoms with van der Waals surface area (Å²) in [6.07, 6.45) is 0. The Bertz CT molecular complexity index is 858. The molecule has 6 nitrogen and oxygen atoms in total. The van der Waals surface area contributed by atoms with Crippen LogP contribution in [0.2, 0.25) is 5.02 Å². The number of hydrogen-bond donors (Lipinski definition) is 2. The van der Waals surface area contributed by atoms with E-state index in [1.165, 1.54) is 6.07 Å². The molecule has 0 aliphatic rings. The summed E-state index contributed by atoms with van der Waals surface area (Å²) in [5, 5.41) is 3.09. The average molecular weight is 349 g/mol. The first-order valence-electron chi connectivity index (χ1n) is 7.32. The second-order valence-corrected chi connectivity index (χ2v) is 5.62. The van der Waals surface area contributed by atoms with E-state index in [9.17, 15) is 14.4 Å². The van der Waals surface area contributed by atoms with Crippen LogP contribution in [0.5, 0.6) is 0 Å². The third-order valence-corrected chi connectivity index (χ3v) is 3.66. The smallest absolute Gasteiger partial charge is 0.339 e. The maximum atomic E-state index is 12.4. The number of rotatable bonds is 4. The summed E-state index contributed by atoms with van der Waals surface area (Å²) in [6, 6.07) is 6.27. The molecular weight excluding hydrogens is 332 g/mol. The van der Waals surface area contributed by atoms with Crippen molar-refractivity contribution >= 4 is 29.2 Å². The Labute approximate surface area is 143 Å². The molecule has 0 saturated heterocycles. The van der Waals surface area contributed by atoms with Gasteiger partial charge in [-0.15, -0.1) is 0 Å². The van der Waals surface area contributed by atoms with Gasteiger partial charge in [-0.3, -0.25) is 9.59 Å². The first kappa shape index (κ1) is 17.7. The van der Waals surface area contributed by atoms with Crippen molar-refractivity contribution in [3.8, 4) is 0 Å². The number of hydrogen-bond acceptors (Lipinski definition) is 4. The molecule has 1 heterocycles. The summed E-state index contributed by atoms with van der Waals surface area (Å²) in [4.78, 5) is 38.9. The SMILES string of the molecule is CCOC(=O)c1cc(C(=O)Nc2cc(Cl)ccc2C)c(=O)[nH]c1C. The van der Waals surface area contributed by atoms with Crippen molar-refractivity contribution in [2.45, 2.75) is 20.8 Å². The maximum absolute atomic E-state index is 12.4. The lowest BCUT2D eigenvalue weighted by atomic mass is 10.1. The molecule has 0 spiro atoms. The Hall–Kier alpha value is -2.60. The number of H-pyrrole nitrogens is 1. The van der Waals surface area contributed by atoms with Crippen molar-refractivity contribution < 1.29 is 14.3 Å². The molecule has 2 rings (SSSR count). The van der Waals surface area contributed by atoms with E-state index >= 15 is 0 Å². The monoisotopic (exact) mass is 348 g/mol. The van der Waals surface area contributed by atoms with Crippen LogP contribution in [0.15, 0.2) is 29.1 Å². The van der Waals surface area contributed by atoms with E-state index in [0.717, 1.165) is 5.56 Å². The number of anilines is 1. The van der Waals surface area contributed by atoms with E-state index in [2.05, 4.69) is 10.3 Å². The van der Waals surface area contributed by atoms with Crippen LogP contribution >= 0.6 is 11.6 Å². The zero-order chi connectivity index (χ0) is 17.9. The number of aromatic nitrogens is 1. The molecule has 2 aromatic rings. The summed E-state index contributed by atoms with van der Waals surface area (Å²) in [5.74, 6) is -1.23. The van der Waals surface area contributed by atoms with Gasteiger partial charge in [0.1, 0.15) is 5.56 Å². The molecule has 1 aromatic carbocycles. The second-order valence-electron chi connectivity index (χ2n) is 5.18. The fraction of sp³-hybridized carbons (Fsp3) is 0.235. The minimum Gasteiger partial charge on any atom is -0.462 e. The van der Waals surface area contributed by atoms with Crippen molar-refractivity contribution in [1.82, 2.24) is 4.98 Å². The zero-order valence-electron chi connectivity index (χ0n) is 13.5. The fourth-order valence-corrected chi connectivity index (χ4v) is 2.30. The van der Waals surface area contributed by atoms with Crippen LogP contribution in [0.1, 0.15) is 38.9 Å². The van der Waals surface area contributed by atoms with Gasteiger partial charge in [-0.2, -0.15) is 0 Å². The molecule has 1 amide bonds. The number of aryl methyl sites for hydroxylation is 2. The van der Waals surface area contributed by atoms with Gasteiger partial charge in [-0.1, -0.05) is 17.7 Å². The standard InChI is InChI=1S/C17H17ClN2O4/c1-4-24-17(23)12-8-13(15(21)19-10(12)3)16(22)20-14-7-11(18)6-5-9(14)2/h5-8H,4H2,1-3H3,(H,19,21)(H,20,22). The highest BCUT2D eigenvalue weighted by Crippen LogP contribution is 2.20. The Morgan fingerprint density at radius 3 is 2.58 bits per heavy atom. The maximum Gasteiger partial charge on any atom is 0.339 e. The van der Waals surface area contributed by atoms with Crippen LogP contribution in [0.25, 0.3) is 0 Å². The van der Waals surface area contributed by atoms with Gasteiger partial charge in [0.15, 0.2) is 0 Å². The summed E-state index contributed by atoms with van der Waals surface area (Å²) in [7, 11) is 0. The molecule has 0 aliphatic carbocycles. The minimum absolute atomic E-state index is 0.143. The van der Waals surface area contributed by atoms with Gasteiger partial charge in [0.25, 0.3) is 11.5 Å². The van der Waals surface area contributed by atoms with Crippen LogP contribution < -0.4 is 10.9 Å². The molecule has 1 aromatic heterocycles. The van der Waals surface area contributed by atoms with Crippen LogP contribution in [0.3, 0.4) is 0 Å². The van der Waals surface area contributed by atoms with Gasteiger partial charge >= 0.3 is 5.97 Å². The third kappa shape index (κ3) is 3.83. The zero-order valence-corrected chi connectivity index (χ0v) is 14.3. The first-order chi connectivity index (χ1) is 11.3. The Balaban J connectivity index is 2.39. The number of ether oxygens (including phenoxy) is 1. The van der Waals surface area contributed by atoms with Crippen molar-refractivity contribution in [3.63, 3.8) is 0 Å². The normalized spacial score (nSPS) is 10.3. The number of pyridine rings is 1. The molecular formula is C17H17ClN2O4. The number of amides is 1. The molecule has 0 bridgehead atoms. The average Bonchev–Trinajstić information content (AvgIpc) is 2.51. The Kier molecular flexibility index (Phi) is 5.41. The summed E-state index contributed by atoms with van der Waals surface area (Å²) < 4.78 is 4.93. The van der Waals surface area contributed by atoms with Crippen molar-refractivity contribution in [3.05, 3.63) is 62.0 Å². The van der Waals surface area contributed by atoms with Crippen molar-refractivity contribution in [1.29, 1.82) is 0 Å². The topological polar surface area (TPSA) is 88.3 Å². The predicted octanol–water partition coefficient (Wildman–Crippen LogP) is 3.07. The summed E-state index contributed by atoms with van der Waals surface area (Å²) in [5.41, 5.74) is 1.01. The lowest BCUT2D eigenvalue weighted by molar-refractivity contribution is 0.0525. The predicted molar refractivity (Wildman–Crippen MR) is 91.9 cm³/mol. The number of carbonyl (C=O) groups is 2. The van der Waals surface area contributed by atoms with Crippen LogP contribution in [0.4, 0.5) is 5.69 Å². The molecule has 2 N–H and O–H groups in total. The number of esters is 1. The Morgan fingerprint density at radius 1 is 1.21 bits per heavy atom. The molecule has 7 heteroatoms. The summed E-state index contributed by atoms with van der Waals surface area (Å²) >= 11 is 5.92. The lowest BCUT2D eigenvalue weighted by Crippen LogP contribution is -2.26. The molecule has 126 valence electrons. The number of aromatic amines is 1. The van der Waals surface area contributed by atoms with Crippen molar-refractivity contribution in [2.24, 2.45) is 0 Å². The highest BCUT2D eigenvalue weighted by Gasteiger charge is 2.18. The molecule has 0 atom stereocenters. The number of halogens is 1. The van der Waals surface area contributed by atoms with E-state index in [4.69, 9.17) is 16.3 Å². The van der Waals surface area contributed by atoms with Gasteiger partial charge in [0.05, 0.1) is 12.2 Å². The van der Waals surface area contributed by atoms with E-state index in [1.807, 2.05) is 0 Å². The largest absolute Gasteiger partial charge is 0.462 e. The number of carbonyl (C=O) groups excluding carboxylic acids is 2. The van der Waals surface area contributed by atoms with E-state index in [-0.39, 0.29) is 17.7 Å². The quantitative estimate of drug-likeness (QED) is 0.831. The fourth-order valence-electron chi connectivity index (χ4n) is 2.13. The number of nitrogens with one attached hydrogen (secondary N) is 2. The van der Waals surface area contributed by atoms with Gasteiger partial charge in [-0.05, 0) is 44.5 Å². The summed E-state index contributed by atoms with van der Waals surface area (Å²) in [6.45, 7) is 5.24. The van der Waals surface area contributed by atoms with E-state index < -0.39 is 17.4 Å². The highest BCUT2D eigenvalue weighted by atomic mass is 35.5. The van der Waals surface area contributed by atoms with Crippen LogP contribution in [0, 0.1) is 13.8 Å². The molecule has 24 heavy (non-hydrogen) atoms. The van der Waals surface area contributed by atoms with E-state index in [1.54, 1.807) is 39.0 Å². The van der Waals surface area contributed by atoms with Gasteiger partial charge in [0, 0.05) is 16.4 Å². The van der Waals surface area contributed by atoms with Gasteiger partial charge in [0.2, 0.25) is 0 Å². The Morgan fingerprint density at radius 2 is 1.92 bits per heavy atom. The first-order valence-corrected chi connectivity index (χ1v) is 7.69. The molecule has 0 radical (unpaired) electrons. The van der Waals surface area contributed by atoms with Crippen LogP contribution in [-0.4, -0.2) is 23.5 Å². The van der Waals surface area contributed by atoms with E-state index in [0.29, 0.717) is 16.4 Å². The molecule has 0 saturated carbocycles. The van der Waals surface area contributed by atoms with Crippen LogP contribution in [-0.2, 0) is 4.74 Å². The minimum atomic E-state index is -0.632. The highest BCUT2D eigenvalue weighted by molar-refractivity contribution is 6.31. The van der Waals surface area contributed by atoms with Crippen molar-refractivity contribution in [2.75, 3.05) is 11.9 Å².